The molecule has 110 valence electrons. The summed E-state index contributed by atoms with van der Waals surface area (Å²) >= 11 is 11.7. The number of pyridine rings is 1. The van der Waals surface area contributed by atoms with Crippen LogP contribution in [-0.4, -0.2) is 16.0 Å². The van der Waals surface area contributed by atoms with Crippen LogP contribution in [0.2, 0.25) is 10.0 Å². The van der Waals surface area contributed by atoms with E-state index in [4.69, 9.17) is 23.2 Å². The highest BCUT2D eigenvalue weighted by atomic mass is 35.5. The van der Waals surface area contributed by atoms with Crippen molar-refractivity contribution in [3.8, 4) is 0 Å². The second-order valence-corrected chi connectivity index (χ2v) is 5.53. The van der Waals surface area contributed by atoms with Crippen molar-refractivity contribution in [3.05, 3.63) is 57.8 Å². The third-order valence-electron chi connectivity index (χ3n) is 2.83. The van der Waals surface area contributed by atoms with E-state index in [1.54, 1.807) is 36.5 Å². The van der Waals surface area contributed by atoms with Gasteiger partial charge in [-0.15, -0.1) is 0 Å². The molecule has 0 aliphatic carbocycles. The number of carbonyl (C=O) groups excluding carboxylic acids is 1. The first-order valence-corrected chi connectivity index (χ1v) is 7.06. The fraction of sp³-hybridized carbons (Fsp3) is 0.200. The van der Waals surface area contributed by atoms with Gasteiger partial charge in [0.05, 0.1) is 12.5 Å². The molecule has 1 aromatic heterocycles. The molecule has 1 atom stereocenters. The van der Waals surface area contributed by atoms with Gasteiger partial charge in [-0.05, 0) is 42.8 Å². The number of amides is 1. The van der Waals surface area contributed by atoms with Gasteiger partial charge >= 0.3 is 0 Å². The Kier molecular flexibility index (Phi) is 5.17. The summed E-state index contributed by atoms with van der Waals surface area (Å²) in [7, 11) is 0. The average molecular weight is 325 g/mol. The van der Waals surface area contributed by atoms with Crippen molar-refractivity contribution in [1.82, 2.24) is 4.98 Å². The van der Waals surface area contributed by atoms with E-state index in [1.165, 1.54) is 0 Å². The molecule has 1 unspecified atom stereocenters. The standard InChI is InChI=1S/C15H14Cl2N2O2/c1-9-4-13(2-3-18-9)19-15(21)8-14(20)10-5-11(16)7-12(17)6-10/h2-7,14,20H,8H2,1H3,(H,18,19,21). The Morgan fingerprint density at radius 3 is 2.57 bits per heavy atom. The number of rotatable bonds is 4. The summed E-state index contributed by atoms with van der Waals surface area (Å²) in [6.45, 7) is 1.83. The maximum absolute atomic E-state index is 11.9. The number of carbonyl (C=O) groups is 1. The normalized spacial score (nSPS) is 12.0. The number of halogens is 2. The first-order valence-electron chi connectivity index (χ1n) is 6.30. The zero-order valence-corrected chi connectivity index (χ0v) is 12.8. The topological polar surface area (TPSA) is 62.2 Å². The lowest BCUT2D eigenvalue weighted by Gasteiger charge is -2.12. The van der Waals surface area contributed by atoms with Crippen molar-refractivity contribution < 1.29 is 9.90 Å². The Morgan fingerprint density at radius 1 is 1.29 bits per heavy atom. The number of benzene rings is 1. The van der Waals surface area contributed by atoms with Crippen LogP contribution in [0.3, 0.4) is 0 Å². The molecule has 0 bridgehead atoms. The first-order chi connectivity index (χ1) is 9.94. The predicted molar refractivity (Wildman–Crippen MR) is 83.6 cm³/mol. The third-order valence-corrected chi connectivity index (χ3v) is 3.27. The Labute approximate surface area is 132 Å². The van der Waals surface area contributed by atoms with Gasteiger partial charge in [0, 0.05) is 27.6 Å². The lowest BCUT2D eigenvalue weighted by Crippen LogP contribution is -2.15. The van der Waals surface area contributed by atoms with Crippen molar-refractivity contribution in [1.29, 1.82) is 0 Å². The van der Waals surface area contributed by atoms with E-state index in [9.17, 15) is 9.90 Å². The SMILES string of the molecule is Cc1cc(NC(=O)CC(O)c2cc(Cl)cc(Cl)c2)ccn1. The van der Waals surface area contributed by atoms with Crippen LogP contribution in [0.25, 0.3) is 0 Å². The highest BCUT2D eigenvalue weighted by molar-refractivity contribution is 6.34. The van der Waals surface area contributed by atoms with Crippen LogP contribution in [0.15, 0.2) is 36.5 Å². The maximum Gasteiger partial charge on any atom is 0.227 e. The number of hydrogen-bond donors (Lipinski definition) is 2. The molecule has 0 radical (unpaired) electrons. The minimum atomic E-state index is -0.968. The summed E-state index contributed by atoms with van der Waals surface area (Å²) in [4.78, 5) is 16.0. The summed E-state index contributed by atoms with van der Waals surface area (Å²) < 4.78 is 0. The number of aliphatic hydroxyl groups excluding tert-OH is 1. The molecule has 0 aliphatic rings. The lowest BCUT2D eigenvalue weighted by atomic mass is 10.1. The van der Waals surface area contributed by atoms with Crippen LogP contribution in [0, 0.1) is 6.92 Å². The van der Waals surface area contributed by atoms with E-state index < -0.39 is 6.10 Å². The quantitative estimate of drug-likeness (QED) is 0.900. The predicted octanol–water partition coefficient (Wildman–Crippen LogP) is 3.76. The second kappa shape index (κ2) is 6.89. The van der Waals surface area contributed by atoms with Gasteiger partial charge in [-0.1, -0.05) is 23.2 Å². The van der Waals surface area contributed by atoms with Gasteiger partial charge in [0.2, 0.25) is 5.91 Å². The van der Waals surface area contributed by atoms with Crippen LogP contribution < -0.4 is 5.32 Å². The molecule has 21 heavy (non-hydrogen) atoms. The fourth-order valence-corrected chi connectivity index (χ4v) is 2.44. The number of aryl methyl sites for hydroxylation is 1. The van der Waals surface area contributed by atoms with Gasteiger partial charge in [-0.25, -0.2) is 0 Å². The monoisotopic (exact) mass is 324 g/mol. The summed E-state index contributed by atoms with van der Waals surface area (Å²) in [6, 6.07) is 8.18. The zero-order valence-electron chi connectivity index (χ0n) is 11.3. The number of aromatic nitrogens is 1. The minimum absolute atomic E-state index is 0.0853. The summed E-state index contributed by atoms with van der Waals surface area (Å²) in [5.74, 6) is -0.302. The molecule has 1 amide bonds. The van der Waals surface area contributed by atoms with Gasteiger partial charge < -0.3 is 10.4 Å². The molecular weight excluding hydrogens is 311 g/mol. The molecule has 0 saturated heterocycles. The highest BCUT2D eigenvalue weighted by Gasteiger charge is 2.14. The smallest absolute Gasteiger partial charge is 0.227 e. The first kappa shape index (κ1) is 15.8. The van der Waals surface area contributed by atoms with E-state index in [1.807, 2.05) is 6.92 Å². The van der Waals surface area contributed by atoms with Crippen molar-refractivity contribution in [2.75, 3.05) is 5.32 Å². The van der Waals surface area contributed by atoms with E-state index in [-0.39, 0.29) is 12.3 Å². The molecule has 2 aromatic rings. The molecule has 2 N–H and O–H groups in total. The van der Waals surface area contributed by atoms with Crippen molar-refractivity contribution in [3.63, 3.8) is 0 Å². The van der Waals surface area contributed by atoms with Crippen molar-refractivity contribution in [2.24, 2.45) is 0 Å². The largest absolute Gasteiger partial charge is 0.388 e. The summed E-state index contributed by atoms with van der Waals surface area (Å²) in [5.41, 5.74) is 1.95. The number of nitrogens with one attached hydrogen (secondary N) is 1. The molecule has 0 saturated carbocycles. The Hall–Kier alpha value is -1.62. The van der Waals surface area contributed by atoms with Crippen molar-refractivity contribution >= 4 is 34.8 Å². The molecule has 0 fully saturated rings. The third kappa shape index (κ3) is 4.70. The fourth-order valence-electron chi connectivity index (χ4n) is 1.90. The number of anilines is 1. The molecule has 0 aliphatic heterocycles. The van der Waals surface area contributed by atoms with E-state index >= 15 is 0 Å². The lowest BCUT2D eigenvalue weighted by molar-refractivity contribution is -0.118. The molecule has 2 rings (SSSR count). The summed E-state index contributed by atoms with van der Waals surface area (Å²) in [6.07, 6.45) is 0.556. The number of aliphatic hydroxyl groups is 1. The van der Waals surface area contributed by atoms with Gasteiger partial charge in [0.15, 0.2) is 0 Å². The Bertz CT molecular complexity index is 642. The Balaban J connectivity index is 2.02. The van der Waals surface area contributed by atoms with Crippen molar-refractivity contribution in [2.45, 2.75) is 19.4 Å². The zero-order chi connectivity index (χ0) is 15.4. The van der Waals surface area contributed by atoms with Gasteiger partial charge in [0.1, 0.15) is 0 Å². The average Bonchev–Trinajstić information content (AvgIpc) is 2.37. The van der Waals surface area contributed by atoms with E-state index in [0.29, 0.717) is 21.3 Å². The maximum atomic E-state index is 11.9. The van der Waals surface area contributed by atoms with Crippen LogP contribution in [0.5, 0.6) is 0 Å². The van der Waals surface area contributed by atoms with Crippen LogP contribution in [0.1, 0.15) is 23.8 Å². The number of nitrogens with zero attached hydrogens (tertiary/aromatic N) is 1. The van der Waals surface area contributed by atoms with E-state index in [0.717, 1.165) is 5.69 Å². The van der Waals surface area contributed by atoms with Crippen LogP contribution >= 0.6 is 23.2 Å². The minimum Gasteiger partial charge on any atom is -0.388 e. The molecule has 1 aromatic carbocycles. The molecule has 0 spiro atoms. The van der Waals surface area contributed by atoms with Crippen LogP contribution in [0.4, 0.5) is 5.69 Å². The number of hydrogen-bond acceptors (Lipinski definition) is 3. The second-order valence-electron chi connectivity index (χ2n) is 4.66. The van der Waals surface area contributed by atoms with Gasteiger partial charge in [-0.2, -0.15) is 0 Å². The van der Waals surface area contributed by atoms with Gasteiger partial charge in [0.25, 0.3) is 0 Å². The van der Waals surface area contributed by atoms with E-state index in [2.05, 4.69) is 10.3 Å². The van der Waals surface area contributed by atoms with Crippen LogP contribution in [-0.2, 0) is 4.79 Å². The molecule has 4 nitrogen and oxygen atoms in total. The highest BCUT2D eigenvalue weighted by Crippen LogP contribution is 2.25. The Morgan fingerprint density at radius 2 is 1.95 bits per heavy atom. The van der Waals surface area contributed by atoms with Gasteiger partial charge in [-0.3, -0.25) is 9.78 Å². The molecule has 1 heterocycles. The molecule has 6 heteroatoms. The summed E-state index contributed by atoms with van der Waals surface area (Å²) in [5, 5.41) is 13.6. The molecular formula is C15H14Cl2N2O2.